The minimum atomic E-state index is -0.415. The number of nitriles is 1. The summed E-state index contributed by atoms with van der Waals surface area (Å²) >= 11 is 0. The highest BCUT2D eigenvalue weighted by atomic mass is 16.5. The Balaban J connectivity index is 1.47. The molecule has 1 amide bonds. The van der Waals surface area contributed by atoms with Crippen LogP contribution in [0.25, 0.3) is 17.1 Å². The molecular weight excluding hydrogens is 378 g/mol. The summed E-state index contributed by atoms with van der Waals surface area (Å²) in [4.78, 5) is 20.2. The quantitative estimate of drug-likeness (QED) is 0.487. The number of aromatic nitrogens is 3. The lowest BCUT2D eigenvalue weighted by molar-refractivity contribution is -0.117. The van der Waals surface area contributed by atoms with E-state index in [1.54, 1.807) is 6.08 Å². The van der Waals surface area contributed by atoms with Gasteiger partial charge in [-0.2, -0.15) is 5.26 Å². The van der Waals surface area contributed by atoms with E-state index < -0.39 is 5.91 Å². The van der Waals surface area contributed by atoms with E-state index >= 15 is 0 Å². The van der Waals surface area contributed by atoms with Crippen molar-refractivity contribution in [3.05, 3.63) is 58.7 Å². The molecular formula is C23H25N5O2. The zero-order valence-corrected chi connectivity index (χ0v) is 17.2. The zero-order chi connectivity index (χ0) is 21.1. The van der Waals surface area contributed by atoms with Crippen LogP contribution in [0.1, 0.15) is 35.6 Å². The van der Waals surface area contributed by atoms with Gasteiger partial charge in [-0.25, -0.2) is 4.98 Å². The lowest BCUT2D eigenvalue weighted by atomic mass is 10.1. The third-order valence-corrected chi connectivity index (χ3v) is 5.54. The summed E-state index contributed by atoms with van der Waals surface area (Å²) in [6, 6.07) is 11.7. The fourth-order valence-corrected chi connectivity index (χ4v) is 3.90. The summed E-state index contributed by atoms with van der Waals surface area (Å²) in [5.41, 5.74) is 4.83. The highest BCUT2D eigenvalue weighted by molar-refractivity contribution is 6.01. The maximum Gasteiger partial charge on any atom is 0.262 e. The largest absolute Gasteiger partial charge is 0.376 e. The molecule has 3 heterocycles. The summed E-state index contributed by atoms with van der Waals surface area (Å²) < 4.78 is 7.95. The van der Waals surface area contributed by atoms with Crippen molar-refractivity contribution in [1.82, 2.24) is 19.9 Å². The fourth-order valence-electron chi connectivity index (χ4n) is 3.90. The average molecular weight is 403 g/mol. The highest BCUT2D eigenvalue weighted by Gasteiger charge is 2.19. The Morgan fingerprint density at radius 1 is 1.43 bits per heavy atom. The number of imidazole rings is 1. The van der Waals surface area contributed by atoms with Gasteiger partial charge in [-0.1, -0.05) is 12.1 Å². The first-order valence-corrected chi connectivity index (χ1v) is 10.2. The van der Waals surface area contributed by atoms with Gasteiger partial charge >= 0.3 is 0 Å². The summed E-state index contributed by atoms with van der Waals surface area (Å²) in [5.74, 6) is 0.235. The summed E-state index contributed by atoms with van der Waals surface area (Å²) in [5, 5.41) is 12.3. The van der Waals surface area contributed by atoms with Crippen LogP contribution in [0, 0.1) is 25.2 Å². The molecule has 1 unspecified atom stereocenters. The van der Waals surface area contributed by atoms with Gasteiger partial charge in [0, 0.05) is 24.5 Å². The summed E-state index contributed by atoms with van der Waals surface area (Å²) in [6.45, 7) is 5.89. The molecule has 30 heavy (non-hydrogen) atoms. The highest BCUT2D eigenvalue weighted by Crippen LogP contribution is 2.22. The van der Waals surface area contributed by atoms with Crippen LogP contribution in [0.15, 0.2) is 35.9 Å². The number of aromatic amines is 1. The maximum absolute atomic E-state index is 12.6. The molecule has 1 aromatic carbocycles. The first-order chi connectivity index (χ1) is 14.5. The van der Waals surface area contributed by atoms with Gasteiger partial charge in [0.15, 0.2) is 0 Å². The van der Waals surface area contributed by atoms with E-state index in [1.807, 2.05) is 50.2 Å². The number of hydrogen-bond acceptors (Lipinski definition) is 4. The lowest BCUT2D eigenvalue weighted by Gasteiger charge is -2.14. The molecule has 7 nitrogen and oxygen atoms in total. The molecule has 3 aromatic rings. The molecule has 1 aliphatic rings. The minimum absolute atomic E-state index is 0.0727. The number of nitrogens with zero attached hydrogens (tertiary/aromatic N) is 3. The molecule has 0 saturated carbocycles. The Morgan fingerprint density at radius 2 is 2.27 bits per heavy atom. The maximum atomic E-state index is 12.6. The number of benzene rings is 1. The number of fused-ring (bicyclic) bond motifs is 1. The van der Waals surface area contributed by atoms with Crippen molar-refractivity contribution in [1.29, 1.82) is 5.26 Å². The van der Waals surface area contributed by atoms with Gasteiger partial charge < -0.3 is 19.6 Å². The molecule has 1 atom stereocenters. The first kappa shape index (κ1) is 19.9. The summed E-state index contributed by atoms with van der Waals surface area (Å²) in [7, 11) is 0. The van der Waals surface area contributed by atoms with Crippen molar-refractivity contribution in [3.8, 4) is 6.07 Å². The Morgan fingerprint density at radius 3 is 3.00 bits per heavy atom. The summed E-state index contributed by atoms with van der Waals surface area (Å²) in [6.07, 6.45) is 4.05. The minimum Gasteiger partial charge on any atom is -0.376 e. The average Bonchev–Trinajstić information content (AvgIpc) is 3.46. The Hall–Kier alpha value is -3.37. The van der Waals surface area contributed by atoms with Crippen molar-refractivity contribution in [2.45, 2.75) is 45.9 Å². The fraction of sp³-hybridized carbons (Fsp3) is 0.348. The Bertz CT molecular complexity index is 1110. The Labute approximate surface area is 175 Å². The van der Waals surface area contributed by atoms with Gasteiger partial charge in [0.05, 0.1) is 23.7 Å². The monoisotopic (exact) mass is 403 g/mol. The molecule has 1 fully saturated rings. The number of ether oxygens (including phenoxy) is 1. The SMILES string of the molecule is Cc1cc(C=C(C#N)C(=O)NCc2nc3ccccc3[nH]2)c(C)n1CC1CCCO1. The number of amides is 1. The lowest BCUT2D eigenvalue weighted by Crippen LogP contribution is -2.24. The molecule has 2 aromatic heterocycles. The standard InChI is InChI=1S/C23H25N5O2/c1-15-10-17(16(2)28(15)14-19-6-5-9-30-19)11-18(12-24)23(29)25-13-22-26-20-7-3-4-8-21(20)27-22/h3-4,7-8,10-11,19H,5-6,9,13-14H2,1-2H3,(H,25,29)(H,26,27). The van der Waals surface area contributed by atoms with Crippen LogP contribution in [0.3, 0.4) is 0 Å². The zero-order valence-electron chi connectivity index (χ0n) is 17.2. The van der Waals surface area contributed by atoms with Crippen LogP contribution in [-0.2, 0) is 22.6 Å². The van der Waals surface area contributed by atoms with E-state index in [2.05, 4.69) is 19.9 Å². The number of hydrogen-bond donors (Lipinski definition) is 2. The van der Waals surface area contributed by atoms with Crippen LogP contribution in [0.2, 0.25) is 0 Å². The van der Waals surface area contributed by atoms with E-state index in [4.69, 9.17) is 4.74 Å². The number of H-pyrrole nitrogens is 1. The van der Waals surface area contributed by atoms with E-state index in [0.717, 1.165) is 54.0 Å². The molecule has 7 heteroatoms. The number of carbonyl (C=O) groups excluding carboxylic acids is 1. The number of rotatable bonds is 6. The molecule has 4 rings (SSSR count). The number of carbonyl (C=O) groups is 1. The van der Waals surface area contributed by atoms with E-state index in [-0.39, 0.29) is 18.2 Å². The molecule has 0 bridgehead atoms. The van der Waals surface area contributed by atoms with E-state index in [0.29, 0.717) is 5.82 Å². The van der Waals surface area contributed by atoms with Gasteiger partial charge in [0.25, 0.3) is 5.91 Å². The third-order valence-electron chi connectivity index (χ3n) is 5.54. The van der Waals surface area contributed by atoms with Crippen LogP contribution in [-0.4, -0.2) is 33.2 Å². The third kappa shape index (κ3) is 4.14. The van der Waals surface area contributed by atoms with Gasteiger partial charge in [-0.15, -0.1) is 0 Å². The number of para-hydroxylation sites is 2. The van der Waals surface area contributed by atoms with Crippen LogP contribution in [0.5, 0.6) is 0 Å². The van der Waals surface area contributed by atoms with Gasteiger partial charge in [0.2, 0.25) is 0 Å². The second kappa shape index (κ2) is 8.56. The molecule has 0 spiro atoms. The molecule has 0 aliphatic carbocycles. The van der Waals surface area contributed by atoms with E-state index in [1.165, 1.54) is 0 Å². The second-order valence-electron chi connectivity index (χ2n) is 7.63. The smallest absolute Gasteiger partial charge is 0.262 e. The van der Waals surface area contributed by atoms with Crippen molar-refractivity contribution < 1.29 is 9.53 Å². The Kier molecular flexibility index (Phi) is 5.68. The van der Waals surface area contributed by atoms with E-state index in [9.17, 15) is 10.1 Å². The van der Waals surface area contributed by atoms with Crippen molar-refractivity contribution in [2.24, 2.45) is 0 Å². The van der Waals surface area contributed by atoms with Crippen LogP contribution < -0.4 is 5.32 Å². The molecule has 1 aliphatic heterocycles. The normalized spacial score (nSPS) is 16.7. The first-order valence-electron chi connectivity index (χ1n) is 10.2. The van der Waals surface area contributed by atoms with Crippen molar-refractivity contribution in [2.75, 3.05) is 6.61 Å². The topological polar surface area (TPSA) is 95.7 Å². The number of aryl methyl sites for hydroxylation is 1. The van der Waals surface area contributed by atoms with Gasteiger partial charge in [0.1, 0.15) is 17.5 Å². The predicted octanol–water partition coefficient (Wildman–Crippen LogP) is 3.38. The van der Waals surface area contributed by atoms with Gasteiger partial charge in [-0.3, -0.25) is 4.79 Å². The number of nitrogens with one attached hydrogen (secondary N) is 2. The molecule has 0 radical (unpaired) electrons. The van der Waals surface area contributed by atoms with Crippen molar-refractivity contribution >= 4 is 23.0 Å². The van der Waals surface area contributed by atoms with Gasteiger partial charge in [-0.05, 0) is 56.5 Å². The molecule has 154 valence electrons. The molecule has 2 N–H and O–H groups in total. The van der Waals surface area contributed by atoms with Crippen LogP contribution >= 0.6 is 0 Å². The van der Waals surface area contributed by atoms with Crippen molar-refractivity contribution in [3.63, 3.8) is 0 Å². The molecule has 1 saturated heterocycles. The van der Waals surface area contributed by atoms with Crippen LogP contribution in [0.4, 0.5) is 0 Å². The second-order valence-corrected chi connectivity index (χ2v) is 7.63. The predicted molar refractivity (Wildman–Crippen MR) is 114 cm³/mol.